The molecule has 0 bridgehead atoms. The zero-order valence-electron chi connectivity index (χ0n) is 14.4. The van der Waals surface area contributed by atoms with Gasteiger partial charge in [0, 0.05) is 6.04 Å². The number of nitrogens with zero attached hydrogens (tertiary/aromatic N) is 3. The maximum absolute atomic E-state index is 11.6. The van der Waals surface area contributed by atoms with Crippen LogP contribution in [0.4, 0.5) is 11.5 Å². The summed E-state index contributed by atoms with van der Waals surface area (Å²) < 4.78 is 5.68. The van der Waals surface area contributed by atoms with E-state index in [0.29, 0.717) is 11.7 Å². The Bertz CT molecular complexity index is 740. The zero-order valence-corrected chi connectivity index (χ0v) is 14.4. The van der Waals surface area contributed by atoms with Crippen molar-refractivity contribution in [3.05, 3.63) is 46.3 Å². The van der Waals surface area contributed by atoms with Crippen LogP contribution in [0.5, 0.6) is 11.6 Å². The monoisotopic (exact) mass is 342 g/mol. The van der Waals surface area contributed by atoms with E-state index in [-0.39, 0.29) is 23.4 Å². The fourth-order valence-electron chi connectivity index (χ4n) is 3.00. The van der Waals surface area contributed by atoms with E-state index >= 15 is 0 Å². The van der Waals surface area contributed by atoms with Crippen molar-refractivity contribution < 1.29 is 9.66 Å². The lowest BCUT2D eigenvalue weighted by atomic mass is 10.0. The van der Waals surface area contributed by atoms with Crippen molar-refractivity contribution in [2.75, 3.05) is 5.32 Å². The van der Waals surface area contributed by atoms with Gasteiger partial charge in [-0.3, -0.25) is 10.1 Å². The van der Waals surface area contributed by atoms with Gasteiger partial charge in [0.2, 0.25) is 5.82 Å². The first-order valence-electron chi connectivity index (χ1n) is 8.58. The van der Waals surface area contributed by atoms with Crippen molar-refractivity contribution in [1.29, 1.82) is 0 Å². The third-order valence-electron chi connectivity index (χ3n) is 4.43. The number of anilines is 1. The smallest absolute Gasteiger partial charge is 0.373 e. The molecule has 1 fully saturated rings. The molecule has 0 spiro atoms. The molecular weight excluding hydrogens is 320 g/mol. The van der Waals surface area contributed by atoms with E-state index in [9.17, 15) is 10.1 Å². The van der Waals surface area contributed by atoms with E-state index in [1.807, 2.05) is 12.1 Å². The molecule has 0 unspecified atom stereocenters. The minimum absolute atomic E-state index is 0.0437. The van der Waals surface area contributed by atoms with Crippen LogP contribution in [0, 0.1) is 10.1 Å². The van der Waals surface area contributed by atoms with Crippen LogP contribution >= 0.6 is 0 Å². The molecule has 7 heteroatoms. The summed E-state index contributed by atoms with van der Waals surface area (Å²) in [7, 11) is 0. The minimum atomic E-state index is -0.491. The molecule has 25 heavy (non-hydrogen) atoms. The fourth-order valence-corrected chi connectivity index (χ4v) is 3.00. The standard InChI is InChI=1S/C18H22N4O3/c1-12(2)13-7-9-15(10-8-13)25-18-16(22(23)24)17(19-11-20-18)21-14-5-3-4-6-14/h7-12,14H,3-6H2,1-2H3,(H,19,20,21). The van der Waals surface area contributed by atoms with E-state index in [2.05, 4.69) is 29.1 Å². The number of ether oxygens (including phenoxy) is 1. The van der Waals surface area contributed by atoms with Crippen molar-refractivity contribution >= 4 is 11.5 Å². The Morgan fingerprint density at radius 2 is 1.88 bits per heavy atom. The van der Waals surface area contributed by atoms with Gasteiger partial charge in [-0.25, -0.2) is 4.98 Å². The molecular formula is C18H22N4O3. The maximum atomic E-state index is 11.6. The fraction of sp³-hybridized carbons (Fsp3) is 0.444. The lowest BCUT2D eigenvalue weighted by Gasteiger charge is -2.14. The van der Waals surface area contributed by atoms with Gasteiger partial charge in [0.15, 0.2) is 0 Å². The van der Waals surface area contributed by atoms with E-state index in [0.717, 1.165) is 25.7 Å². The number of hydrogen-bond donors (Lipinski definition) is 1. The molecule has 1 aliphatic carbocycles. The Kier molecular flexibility index (Phi) is 5.11. The Hall–Kier alpha value is -2.70. The number of hydrogen-bond acceptors (Lipinski definition) is 6. The lowest BCUT2D eigenvalue weighted by molar-refractivity contribution is -0.385. The van der Waals surface area contributed by atoms with Gasteiger partial charge in [-0.05, 0) is 36.5 Å². The van der Waals surface area contributed by atoms with E-state index in [1.165, 1.54) is 11.9 Å². The Morgan fingerprint density at radius 1 is 1.20 bits per heavy atom. The quantitative estimate of drug-likeness (QED) is 0.607. The summed E-state index contributed by atoms with van der Waals surface area (Å²) in [6.45, 7) is 4.21. The molecule has 1 aromatic carbocycles. The Balaban J connectivity index is 1.85. The number of aromatic nitrogens is 2. The molecule has 3 rings (SSSR count). The molecule has 0 radical (unpaired) electrons. The highest BCUT2D eigenvalue weighted by Crippen LogP contribution is 2.35. The molecule has 1 heterocycles. The SMILES string of the molecule is CC(C)c1ccc(Oc2ncnc(NC3CCCC3)c2[N+](=O)[O-])cc1. The largest absolute Gasteiger partial charge is 0.434 e. The van der Waals surface area contributed by atoms with Gasteiger partial charge in [0.1, 0.15) is 12.1 Å². The van der Waals surface area contributed by atoms with Crippen LogP contribution < -0.4 is 10.1 Å². The van der Waals surface area contributed by atoms with E-state index in [4.69, 9.17) is 4.74 Å². The first kappa shape index (κ1) is 17.1. The highest BCUT2D eigenvalue weighted by atomic mass is 16.6. The number of nitrogens with one attached hydrogen (secondary N) is 1. The van der Waals surface area contributed by atoms with Gasteiger partial charge in [-0.1, -0.05) is 38.8 Å². The van der Waals surface area contributed by atoms with Crippen LogP contribution in [-0.4, -0.2) is 20.9 Å². The second-order valence-electron chi connectivity index (χ2n) is 6.58. The van der Waals surface area contributed by atoms with E-state index < -0.39 is 4.92 Å². The molecule has 0 saturated heterocycles. The molecule has 132 valence electrons. The number of benzene rings is 1. The van der Waals surface area contributed by atoms with Crippen molar-refractivity contribution in [3.8, 4) is 11.6 Å². The first-order valence-corrected chi connectivity index (χ1v) is 8.58. The third-order valence-corrected chi connectivity index (χ3v) is 4.43. The summed E-state index contributed by atoms with van der Waals surface area (Å²) in [6.07, 6.45) is 5.54. The van der Waals surface area contributed by atoms with Gasteiger partial charge < -0.3 is 10.1 Å². The zero-order chi connectivity index (χ0) is 17.8. The second-order valence-corrected chi connectivity index (χ2v) is 6.58. The molecule has 0 amide bonds. The van der Waals surface area contributed by atoms with Crippen molar-refractivity contribution in [2.45, 2.75) is 51.5 Å². The van der Waals surface area contributed by atoms with Crippen molar-refractivity contribution in [1.82, 2.24) is 9.97 Å². The molecule has 2 aromatic rings. The van der Waals surface area contributed by atoms with Gasteiger partial charge in [-0.15, -0.1) is 0 Å². The summed E-state index contributed by atoms with van der Waals surface area (Å²) in [5.41, 5.74) is 0.954. The van der Waals surface area contributed by atoms with Gasteiger partial charge in [0.05, 0.1) is 4.92 Å². The maximum Gasteiger partial charge on any atom is 0.373 e. The van der Waals surface area contributed by atoms with Crippen LogP contribution in [0.2, 0.25) is 0 Å². The number of rotatable bonds is 6. The Morgan fingerprint density at radius 3 is 2.48 bits per heavy atom. The van der Waals surface area contributed by atoms with Crippen LogP contribution in [0.25, 0.3) is 0 Å². The molecule has 1 aromatic heterocycles. The predicted octanol–water partition coefficient (Wildman–Crippen LogP) is 4.66. The van der Waals surface area contributed by atoms with Crippen molar-refractivity contribution in [2.24, 2.45) is 0 Å². The van der Waals surface area contributed by atoms with Gasteiger partial charge in [-0.2, -0.15) is 4.98 Å². The highest BCUT2D eigenvalue weighted by Gasteiger charge is 2.27. The molecule has 0 atom stereocenters. The van der Waals surface area contributed by atoms with Gasteiger partial charge >= 0.3 is 11.6 Å². The molecule has 7 nitrogen and oxygen atoms in total. The summed E-state index contributed by atoms with van der Waals surface area (Å²) >= 11 is 0. The van der Waals surface area contributed by atoms with Gasteiger partial charge in [0.25, 0.3) is 0 Å². The summed E-state index contributed by atoms with van der Waals surface area (Å²) in [4.78, 5) is 19.1. The molecule has 1 saturated carbocycles. The van der Waals surface area contributed by atoms with Crippen LogP contribution in [-0.2, 0) is 0 Å². The average Bonchev–Trinajstić information content (AvgIpc) is 3.08. The second kappa shape index (κ2) is 7.46. The molecule has 0 aliphatic heterocycles. The minimum Gasteiger partial charge on any atom is -0.434 e. The lowest BCUT2D eigenvalue weighted by Crippen LogP contribution is -2.17. The first-order chi connectivity index (χ1) is 12.0. The predicted molar refractivity (Wildman–Crippen MR) is 95.2 cm³/mol. The topological polar surface area (TPSA) is 90.2 Å². The van der Waals surface area contributed by atoms with E-state index in [1.54, 1.807) is 12.1 Å². The summed E-state index contributed by atoms with van der Waals surface area (Å²) in [5, 5.41) is 14.7. The van der Waals surface area contributed by atoms with Crippen LogP contribution in [0.15, 0.2) is 30.6 Å². The molecule has 1 N–H and O–H groups in total. The highest BCUT2D eigenvalue weighted by molar-refractivity contribution is 5.62. The summed E-state index contributed by atoms with van der Waals surface area (Å²) in [5.74, 6) is 1.10. The van der Waals surface area contributed by atoms with Crippen molar-refractivity contribution in [3.63, 3.8) is 0 Å². The number of nitro groups is 1. The average molecular weight is 342 g/mol. The Labute approximate surface area is 146 Å². The molecule has 1 aliphatic rings. The third kappa shape index (κ3) is 4.04. The summed E-state index contributed by atoms with van der Waals surface area (Å²) in [6, 6.07) is 7.71. The van der Waals surface area contributed by atoms with Crippen LogP contribution in [0.1, 0.15) is 51.0 Å². The normalized spacial score (nSPS) is 14.7. The van der Waals surface area contributed by atoms with Crippen LogP contribution in [0.3, 0.4) is 0 Å².